The first-order valence-corrected chi connectivity index (χ1v) is 6.78. The maximum absolute atomic E-state index is 12.1. The van der Waals surface area contributed by atoms with Crippen molar-refractivity contribution in [2.75, 3.05) is 5.32 Å². The summed E-state index contributed by atoms with van der Waals surface area (Å²) >= 11 is 5.96. The Morgan fingerprint density at radius 2 is 1.80 bits per heavy atom. The van der Waals surface area contributed by atoms with Gasteiger partial charge in [-0.2, -0.15) is 0 Å². The maximum atomic E-state index is 12.1. The topological polar surface area (TPSA) is 42.0 Å². The van der Waals surface area contributed by atoms with Crippen LogP contribution >= 0.6 is 11.6 Å². The van der Waals surface area contributed by atoms with E-state index < -0.39 is 0 Å². The number of anilines is 1. The minimum absolute atomic E-state index is 0.0687. The van der Waals surface area contributed by atoms with Crippen LogP contribution in [0.5, 0.6) is 0 Å². The average molecular weight is 289 g/mol. The molecule has 1 amide bonds. The highest BCUT2D eigenvalue weighted by Crippen LogP contribution is 2.23. The number of hydrogen-bond acceptors (Lipinski definition) is 2. The number of carbonyl (C=O) groups excluding carboxylic acids is 1. The summed E-state index contributed by atoms with van der Waals surface area (Å²) in [4.78, 5) is 16.2. The zero-order valence-corrected chi connectivity index (χ0v) is 12.5. The second-order valence-corrected chi connectivity index (χ2v) is 6.02. The van der Waals surface area contributed by atoms with Gasteiger partial charge in [0.2, 0.25) is 0 Å². The fourth-order valence-corrected chi connectivity index (χ4v) is 1.95. The Hall–Kier alpha value is -1.87. The first-order chi connectivity index (χ1) is 9.38. The van der Waals surface area contributed by atoms with Crippen LogP contribution in [0.3, 0.4) is 0 Å². The Kier molecular flexibility index (Phi) is 4.09. The number of benzene rings is 1. The lowest BCUT2D eigenvalue weighted by molar-refractivity contribution is 0.102. The third-order valence-corrected chi connectivity index (χ3v) is 3.31. The van der Waals surface area contributed by atoms with Crippen molar-refractivity contribution in [2.45, 2.75) is 26.2 Å². The van der Waals surface area contributed by atoms with Gasteiger partial charge >= 0.3 is 0 Å². The molecule has 0 aliphatic rings. The summed E-state index contributed by atoms with van der Waals surface area (Å²) in [5.41, 5.74) is 1.84. The summed E-state index contributed by atoms with van der Waals surface area (Å²) in [6, 6.07) is 11.0. The average Bonchev–Trinajstić information content (AvgIpc) is 2.40. The minimum Gasteiger partial charge on any atom is -0.305 e. The summed E-state index contributed by atoms with van der Waals surface area (Å²) < 4.78 is 0. The molecule has 1 heterocycles. The smallest absolute Gasteiger partial charge is 0.256 e. The fraction of sp³-hybridized carbons (Fsp3) is 0.250. The Morgan fingerprint density at radius 1 is 1.15 bits per heavy atom. The van der Waals surface area contributed by atoms with Crippen LogP contribution in [0, 0.1) is 0 Å². The molecule has 0 saturated carbocycles. The van der Waals surface area contributed by atoms with Crippen molar-refractivity contribution in [3.63, 3.8) is 0 Å². The van der Waals surface area contributed by atoms with Crippen molar-refractivity contribution in [3.8, 4) is 0 Å². The van der Waals surface area contributed by atoms with E-state index in [0.29, 0.717) is 16.4 Å². The minimum atomic E-state index is -0.217. The van der Waals surface area contributed by atoms with Crippen molar-refractivity contribution in [2.24, 2.45) is 0 Å². The zero-order valence-electron chi connectivity index (χ0n) is 11.8. The first kappa shape index (κ1) is 14.5. The highest BCUT2D eigenvalue weighted by Gasteiger charge is 2.14. The maximum Gasteiger partial charge on any atom is 0.256 e. The molecule has 0 saturated heterocycles. The van der Waals surface area contributed by atoms with E-state index in [4.69, 9.17) is 11.6 Å². The molecule has 20 heavy (non-hydrogen) atoms. The summed E-state index contributed by atoms with van der Waals surface area (Å²) in [6.45, 7) is 6.40. The molecule has 0 radical (unpaired) electrons. The standard InChI is InChI=1S/C16H17ClN2O/c1-16(2,3)12-8-6-11(7-9-12)15(20)19-14-13(17)5-4-10-18-14/h4-10H,1-3H3,(H,18,19,20). The van der Waals surface area contributed by atoms with Crippen LogP contribution < -0.4 is 5.32 Å². The predicted molar refractivity (Wildman–Crippen MR) is 82.3 cm³/mol. The number of nitrogens with zero attached hydrogens (tertiary/aromatic N) is 1. The van der Waals surface area contributed by atoms with E-state index in [-0.39, 0.29) is 11.3 Å². The van der Waals surface area contributed by atoms with Crippen LogP contribution in [-0.2, 0) is 5.41 Å². The van der Waals surface area contributed by atoms with Crippen LogP contribution in [0.15, 0.2) is 42.6 Å². The van der Waals surface area contributed by atoms with E-state index in [1.54, 1.807) is 18.3 Å². The lowest BCUT2D eigenvalue weighted by atomic mass is 9.87. The second-order valence-electron chi connectivity index (χ2n) is 5.62. The summed E-state index contributed by atoms with van der Waals surface area (Å²) in [6.07, 6.45) is 1.59. The lowest BCUT2D eigenvalue weighted by Gasteiger charge is -2.19. The third kappa shape index (κ3) is 3.36. The molecule has 4 heteroatoms. The molecule has 1 N–H and O–H groups in total. The molecule has 0 unspecified atom stereocenters. The molecule has 0 atom stereocenters. The predicted octanol–water partition coefficient (Wildman–Crippen LogP) is 4.28. The number of halogens is 1. The van der Waals surface area contributed by atoms with Crippen LogP contribution in [0.25, 0.3) is 0 Å². The van der Waals surface area contributed by atoms with Crippen LogP contribution in [0.1, 0.15) is 36.7 Å². The summed E-state index contributed by atoms with van der Waals surface area (Å²) in [5, 5.41) is 3.13. The van der Waals surface area contributed by atoms with Crippen molar-refractivity contribution in [3.05, 3.63) is 58.7 Å². The van der Waals surface area contributed by atoms with Crippen molar-refractivity contribution in [1.82, 2.24) is 4.98 Å². The number of aromatic nitrogens is 1. The Labute approximate surface area is 124 Å². The molecule has 2 rings (SSSR count). The number of hydrogen-bond donors (Lipinski definition) is 1. The monoisotopic (exact) mass is 288 g/mol. The molecular weight excluding hydrogens is 272 g/mol. The van der Waals surface area contributed by atoms with E-state index in [2.05, 4.69) is 31.1 Å². The molecule has 0 aliphatic carbocycles. The van der Waals surface area contributed by atoms with E-state index in [0.717, 1.165) is 0 Å². The first-order valence-electron chi connectivity index (χ1n) is 6.40. The molecule has 0 spiro atoms. The molecule has 0 fully saturated rings. The Morgan fingerprint density at radius 3 is 2.35 bits per heavy atom. The van der Waals surface area contributed by atoms with Crippen molar-refractivity contribution < 1.29 is 4.79 Å². The molecular formula is C16H17ClN2O. The molecule has 1 aromatic heterocycles. The van der Waals surface area contributed by atoms with Gasteiger partial charge in [0.05, 0.1) is 5.02 Å². The zero-order chi connectivity index (χ0) is 14.8. The third-order valence-electron chi connectivity index (χ3n) is 3.00. The van der Waals surface area contributed by atoms with Crippen LogP contribution in [0.2, 0.25) is 5.02 Å². The van der Waals surface area contributed by atoms with Gasteiger partial charge in [0.1, 0.15) is 0 Å². The van der Waals surface area contributed by atoms with Crippen molar-refractivity contribution in [1.29, 1.82) is 0 Å². The van der Waals surface area contributed by atoms with Gasteiger partial charge in [0, 0.05) is 11.8 Å². The van der Waals surface area contributed by atoms with Gasteiger partial charge in [-0.25, -0.2) is 4.98 Å². The van der Waals surface area contributed by atoms with Crippen LogP contribution in [-0.4, -0.2) is 10.9 Å². The van der Waals surface area contributed by atoms with Gasteiger partial charge in [-0.05, 0) is 35.2 Å². The number of pyridine rings is 1. The second kappa shape index (κ2) is 5.63. The molecule has 3 nitrogen and oxygen atoms in total. The summed E-state index contributed by atoms with van der Waals surface area (Å²) in [7, 11) is 0. The summed E-state index contributed by atoms with van der Waals surface area (Å²) in [5.74, 6) is 0.158. The molecule has 0 aliphatic heterocycles. The molecule has 2 aromatic rings. The largest absolute Gasteiger partial charge is 0.305 e. The Balaban J connectivity index is 2.16. The van der Waals surface area contributed by atoms with E-state index in [9.17, 15) is 4.79 Å². The number of rotatable bonds is 2. The quantitative estimate of drug-likeness (QED) is 0.896. The number of amides is 1. The Bertz CT molecular complexity index is 615. The number of nitrogens with one attached hydrogen (secondary N) is 1. The lowest BCUT2D eigenvalue weighted by Crippen LogP contribution is -2.15. The SMILES string of the molecule is CC(C)(C)c1ccc(C(=O)Nc2ncccc2Cl)cc1. The number of carbonyl (C=O) groups is 1. The fourth-order valence-electron chi connectivity index (χ4n) is 1.78. The highest BCUT2D eigenvalue weighted by atomic mass is 35.5. The van der Waals surface area contributed by atoms with Crippen molar-refractivity contribution >= 4 is 23.3 Å². The highest BCUT2D eigenvalue weighted by molar-refractivity contribution is 6.33. The van der Waals surface area contributed by atoms with E-state index in [1.165, 1.54) is 5.56 Å². The molecule has 1 aromatic carbocycles. The van der Waals surface area contributed by atoms with Gasteiger partial charge in [0.25, 0.3) is 5.91 Å². The van der Waals surface area contributed by atoms with E-state index >= 15 is 0 Å². The van der Waals surface area contributed by atoms with Gasteiger partial charge in [-0.1, -0.05) is 44.5 Å². The van der Waals surface area contributed by atoms with Gasteiger partial charge in [-0.15, -0.1) is 0 Å². The van der Waals surface area contributed by atoms with Gasteiger partial charge in [-0.3, -0.25) is 4.79 Å². The van der Waals surface area contributed by atoms with Crippen LogP contribution in [0.4, 0.5) is 5.82 Å². The van der Waals surface area contributed by atoms with E-state index in [1.807, 2.05) is 24.3 Å². The van der Waals surface area contributed by atoms with Gasteiger partial charge in [0.15, 0.2) is 5.82 Å². The molecule has 104 valence electrons. The normalized spacial score (nSPS) is 11.2. The molecule has 0 bridgehead atoms. The van der Waals surface area contributed by atoms with Gasteiger partial charge < -0.3 is 5.32 Å².